The van der Waals surface area contributed by atoms with E-state index >= 15 is 0 Å². The van der Waals surface area contributed by atoms with Crippen LogP contribution in [0.2, 0.25) is 0 Å². The lowest BCUT2D eigenvalue weighted by Gasteiger charge is -2.02. The Bertz CT molecular complexity index is 710. The Morgan fingerprint density at radius 2 is 1.81 bits per heavy atom. The second-order valence-electron chi connectivity index (χ2n) is 5.29. The van der Waals surface area contributed by atoms with Crippen molar-refractivity contribution in [1.82, 2.24) is 19.6 Å². The summed E-state index contributed by atoms with van der Waals surface area (Å²) in [7, 11) is 1.83. The van der Waals surface area contributed by atoms with Crippen molar-refractivity contribution in [3.05, 3.63) is 34.4 Å². The van der Waals surface area contributed by atoms with Crippen molar-refractivity contribution in [3.8, 4) is 0 Å². The topological polar surface area (TPSA) is 69.8 Å². The van der Waals surface area contributed by atoms with Gasteiger partial charge in [0, 0.05) is 31.9 Å². The zero-order valence-corrected chi connectivity index (χ0v) is 13.1. The van der Waals surface area contributed by atoms with Gasteiger partial charge in [0.15, 0.2) is 11.6 Å². The number of carbonyl (C=O) groups is 2. The van der Waals surface area contributed by atoms with Gasteiger partial charge in [-0.15, -0.1) is 0 Å². The summed E-state index contributed by atoms with van der Waals surface area (Å²) < 4.78 is 3.37. The lowest BCUT2D eigenvalue weighted by Crippen LogP contribution is -2.08. The van der Waals surface area contributed by atoms with Gasteiger partial charge in [0.2, 0.25) is 0 Å². The van der Waals surface area contributed by atoms with Gasteiger partial charge in [-0.3, -0.25) is 19.0 Å². The highest BCUT2D eigenvalue weighted by Crippen LogP contribution is 2.15. The molecule has 0 aromatic carbocycles. The van der Waals surface area contributed by atoms with Gasteiger partial charge < -0.3 is 0 Å². The van der Waals surface area contributed by atoms with E-state index in [4.69, 9.17) is 0 Å². The van der Waals surface area contributed by atoms with Gasteiger partial charge in [-0.1, -0.05) is 0 Å². The highest BCUT2D eigenvalue weighted by molar-refractivity contribution is 5.98. The van der Waals surface area contributed by atoms with Crippen LogP contribution in [0.3, 0.4) is 0 Å². The number of nitrogens with zero attached hydrogens (tertiary/aromatic N) is 4. The van der Waals surface area contributed by atoms with Gasteiger partial charge in [-0.05, 0) is 27.7 Å². The molecule has 2 heterocycles. The Morgan fingerprint density at radius 3 is 2.29 bits per heavy atom. The summed E-state index contributed by atoms with van der Waals surface area (Å²) in [5.41, 5.74) is 3.62. The van der Waals surface area contributed by atoms with Crippen molar-refractivity contribution in [1.29, 1.82) is 0 Å². The highest BCUT2D eigenvalue weighted by atomic mass is 16.1. The number of aromatic nitrogens is 4. The SMILES string of the molecule is CC(=O)c1cn(CCC(=O)c2c(C)nn(C)c2C)nc1C. The average molecular weight is 288 g/mol. The summed E-state index contributed by atoms with van der Waals surface area (Å²) in [6.45, 7) is 7.50. The van der Waals surface area contributed by atoms with E-state index in [1.807, 2.05) is 20.9 Å². The smallest absolute Gasteiger partial charge is 0.168 e. The van der Waals surface area contributed by atoms with Crippen molar-refractivity contribution in [2.75, 3.05) is 0 Å². The molecular formula is C15H20N4O2. The van der Waals surface area contributed by atoms with Crippen LogP contribution in [0.25, 0.3) is 0 Å². The third-order valence-corrected chi connectivity index (χ3v) is 3.68. The quantitative estimate of drug-likeness (QED) is 0.789. The molecule has 6 nitrogen and oxygen atoms in total. The van der Waals surface area contributed by atoms with E-state index in [0.29, 0.717) is 29.8 Å². The van der Waals surface area contributed by atoms with Crippen LogP contribution in [-0.2, 0) is 13.6 Å². The van der Waals surface area contributed by atoms with Crippen molar-refractivity contribution in [3.63, 3.8) is 0 Å². The molecule has 112 valence electrons. The molecule has 0 atom stereocenters. The van der Waals surface area contributed by atoms with Crippen LogP contribution < -0.4 is 0 Å². The maximum Gasteiger partial charge on any atom is 0.168 e. The van der Waals surface area contributed by atoms with Gasteiger partial charge in [0.1, 0.15) is 0 Å². The number of carbonyl (C=O) groups excluding carboxylic acids is 2. The summed E-state index contributed by atoms with van der Waals surface area (Å²) in [6, 6.07) is 0. The average Bonchev–Trinajstić information content (AvgIpc) is 2.88. The van der Waals surface area contributed by atoms with Crippen LogP contribution in [0.5, 0.6) is 0 Å². The molecule has 0 N–H and O–H groups in total. The normalized spacial score (nSPS) is 10.9. The van der Waals surface area contributed by atoms with Crippen LogP contribution in [-0.4, -0.2) is 31.1 Å². The standard InChI is InChI=1S/C15H20N4O2/c1-9-13(12(4)20)8-19(17-9)7-6-14(21)15-10(2)16-18(5)11(15)3/h8H,6-7H2,1-5H3. The van der Waals surface area contributed by atoms with Crippen LogP contribution in [0.15, 0.2) is 6.20 Å². The summed E-state index contributed by atoms with van der Waals surface area (Å²) in [4.78, 5) is 23.7. The van der Waals surface area contributed by atoms with E-state index in [2.05, 4.69) is 10.2 Å². The Labute approximate surface area is 123 Å². The third-order valence-electron chi connectivity index (χ3n) is 3.68. The van der Waals surface area contributed by atoms with E-state index in [0.717, 1.165) is 11.4 Å². The maximum atomic E-state index is 12.3. The fourth-order valence-corrected chi connectivity index (χ4v) is 2.50. The number of hydrogen-bond donors (Lipinski definition) is 0. The van der Waals surface area contributed by atoms with Crippen molar-refractivity contribution < 1.29 is 9.59 Å². The molecule has 2 aromatic heterocycles. The summed E-state index contributed by atoms with van der Waals surface area (Å²) in [5, 5.41) is 8.53. The first-order chi connectivity index (χ1) is 9.81. The van der Waals surface area contributed by atoms with Gasteiger partial charge in [0.05, 0.1) is 22.5 Å². The first kappa shape index (κ1) is 15.2. The molecule has 21 heavy (non-hydrogen) atoms. The van der Waals surface area contributed by atoms with E-state index in [1.54, 1.807) is 22.5 Å². The fourth-order valence-electron chi connectivity index (χ4n) is 2.50. The van der Waals surface area contributed by atoms with Crippen molar-refractivity contribution in [2.24, 2.45) is 7.05 Å². The Hall–Kier alpha value is -2.24. The number of rotatable bonds is 5. The van der Waals surface area contributed by atoms with E-state index in [9.17, 15) is 9.59 Å². The molecule has 0 fully saturated rings. The Kier molecular flexibility index (Phi) is 4.06. The highest BCUT2D eigenvalue weighted by Gasteiger charge is 2.17. The summed E-state index contributed by atoms with van der Waals surface area (Å²) in [6.07, 6.45) is 2.04. The maximum absolute atomic E-state index is 12.3. The first-order valence-corrected chi connectivity index (χ1v) is 6.89. The Morgan fingerprint density at radius 1 is 1.14 bits per heavy atom. The summed E-state index contributed by atoms with van der Waals surface area (Å²) >= 11 is 0. The van der Waals surface area contributed by atoms with Gasteiger partial charge >= 0.3 is 0 Å². The van der Waals surface area contributed by atoms with Crippen LogP contribution in [0.1, 0.15) is 51.1 Å². The molecule has 0 unspecified atom stereocenters. The first-order valence-electron chi connectivity index (χ1n) is 6.89. The molecule has 0 aliphatic rings. The zero-order chi connectivity index (χ0) is 15.7. The molecule has 0 spiro atoms. The number of hydrogen-bond acceptors (Lipinski definition) is 4. The Balaban J connectivity index is 2.11. The predicted octanol–water partition coefficient (Wildman–Crippen LogP) is 2.02. The zero-order valence-electron chi connectivity index (χ0n) is 13.1. The van der Waals surface area contributed by atoms with Gasteiger partial charge in [-0.2, -0.15) is 10.2 Å². The largest absolute Gasteiger partial charge is 0.294 e. The molecule has 0 aliphatic heterocycles. The predicted molar refractivity (Wildman–Crippen MR) is 78.6 cm³/mol. The number of Topliss-reactive ketones (excluding diaryl/α,β-unsaturated/α-hetero) is 2. The molecular weight excluding hydrogens is 268 g/mol. The minimum atomic E-state index is -0.0102. The molecule has 0 radical (unpaired) electrons. The lowest BCUT2D eigenvalue weighted by molar-refractivity contribution is 0.0973. The molecule has 0 bridgehead atoms. The number of aryl methyl sites for hydroxylation is 4. The molecule has 2 rings (SSSR count). The lowest BCUT2D eigenvalue weighted by atomic mass is 10.1. The number of ketones is 2. The van der Waals surface area contributed by atoms with E-state index in [-0.39, 0.29) is 11.6 Å². The van der Waals surface area contributed by atoms with E-state index < -0.39 is 0 Å². The van der Waals surface area contributed by atoms with Crippen LogP contribution in [0.4, 0.5) is 0 Å². The van der Waals surface area contributed by atoms with Gasteiger partial charge in [-0.25, -0.2) is 0 Å². The molecule has 0 amide bonds. The molecule has 2 aromatic rings. The molecule has 0 saturated heterocycles. The summed E-state index contributed by atoms with van der Waals surface area (Å²) in [5.74, 6) is 0.0413. The van der Waals surface area contributed by atoms with Crippen LogP contribution in [0, 0.1) is 20.8 Å². The second-order valence-corrected chi connectivity index (χ2v) is 5.29. The van der Waals surface area contributed by atoms with Crippen molar-refractivity contribution >= 4 is 11.6 Å². The molecule has 0 saturated carbocycles. The van der Waals surface area contributed by atoms with E-state index in [1.165, 1.54) is 6.92 Å². The monoisotopic (exact) mass is 288 g/mol. The van der Waals surface area contributed by atoms with Crippen molar-refractivity contribution in [2.45, 2.75) is 40.7 Å². The van der Waals surface area contributed by atoms with Crippen LogP contribution >= 0.6 is 0 Å². The molecule has 6 heteroatoms. The second kappa shape index (κ2) is 5.63. The minimum absolute atomic E-state index is 0.0102. The fraction of sp³-hybridized carbons (Fsp3) is 0.467. The molecule has 0 aliphatic carbocycles. The third kappa shape index (κ3) is 2.94. The minimum Gasteiger partial charge on any atom is -0.294 e. The van der Waals surface area contributed by atoms with Gasteiger partial charge in [0.25, 0.3) is 0 Å².